The lowest BCUT2D eigenvalue weighted by atomic mass is 10.2. The Morgan fingerprint density at radius 3 is 2.30 bits per heavy atom. The molecular formula is C14H8Cl2F4N2O. The summed E-state index contributed by atoms with van der Waals surface area (Å²) in [5.41, 5.74) is -1.54. The van der Waals surface area contributed by atoms with Crippen LogP contribution in [-0.4, -0.2) is 6.03 Å². The van der Waals surface area contributed by atoms with Gasteiger partial charge in [-0.3, -0.25) is 0 Å². The summed E-state index contributed by atoms with van der Waals surface area (Å²) in [5, 5.41) is 3.73. The minimum atomic E-state index is -4.67. The lowest BCUT2D eigenvalue weighted by molar-refractivity contribution is -0.137. The molecule has 0 aliphatic heterocycles. The lowest BCUT2D eigenvalue weighted by Crippen LogP contribution is -2.20. The SMILES string of the molecule is O=C(Nc1ccc(Cl)c(C(F)(F)F)c1)Nc1c(F)cccc1Cl. The number of nitrogens with one attached hydrogen (secondary N) is 2. The van der Waals surface area contributed by atoms with Gasteiger partial charge in [-0.25, -0.2) is 9.18 Å². The number of alkyl halides is 3. The molecule has 0 aliphatic carbocycles. The Labute approximate surface area is 138 Å². The van der Waals surface area contributed by atoms with Crippen molar-refractivity contribution >= 4 is 40.6 Å². The molecule has 9 heteroatoms. The molecule has 0 aliphatic rings. The molecule has 0 fully saturated rings. The molecular weight excluding hydrogens is 359 g/mol. The van der Waals surface area contributed by atoms with Crippen LogP contribution in [0.4, 0.5) is 33.7 Å². The zero-order valence-corrected chi connectivity index (χ0v) is 12.7. The Bertz CT molecular complexity index is 730. The number of hydrogen-bond acceptors (Lipinski definition) is 1. The maximum absolute atomic E-state index is 13.5. The van der Waals surface area contributed by atoms with Crippen molar-refractivity contribution in [1.29, 1.82) is 0 Å². The van der Waals surface area contributed by atoms with Crippen molar-refractivity contribution < 1.29 is 22.4 Å². The van der Waals surface area contributed by atoms with Gasteiger partial charge < -0.3 is 10.6 Å². The van der Waals surface area contributed by atoms with Crippen LogP contribution in [-0.2, 0) is 6.18 Å². The molecule has 2 amide bonds. The number of rotatable bonds is 2. The van der Waals surface area contributed by atoms with Gasteiger partial charge in [-0.1, -0.05) is 29.3 Å². The number of para-hydroxylation sites is 1. The van der Waals surface area contributed by atoms with Crippen LogP contribution in [0.3, 0.4) is 0 Å². The third-order valence-electron chi connectivity index (χ3n) is 2.73. The fourth-order valence-electron chi connectivity index (χ4n) is 1.71. The molecule has 3 nitrogen and oxygen atoms in total. The second-order valence-electron chi connectivity index (χ2n) is 4.37. The molecule has 0 radical (unpaired) electrons. The van der Waals surface area contributed by atoms with Gasteiger partial charge in [-0.2, -0.15) is 13.2 Å². The van der Waals surface area contributed by atoms with Crippen LogP contribution in [0, 0.1) is 5.82 Å². The van der Waals surface area contributed by atoms with Crippen LogP contribution in [0.2, 0.25) is 10.0 Å². The summed E-state index contributed by atoms with van der Waals surface area (Å²) in [6, 6.07) is 5.67. The Morgan fingerprint density at radius 2 is 1.70 bits per heavy atom. The second-order valence-corrected chi connectivity index (χ2v) is 5.18. The van der Waals surface area contributed by atoms with Crippen molar-refractivity contribution in [2.45, 2.75) is 6.18 Å². The van der Waals surface area contributed by atoms with E-state index < -0.39 is 28.6 Å². The summed E-state index contributed by atoms with van der Waals surface area (Å²) in [4.78, 5) is 11.8. The third-order valence-corrected chi connectivity index (χ3v) is 3.38. The molecule has 0 aromatic heterocycles. The van der Waals surface area contributed by atoms with E-state index in [-0.39, 0.29) is 16.4 Å². The molecule has 0 unspecified atom stereocenters. The number of halogens is 6. The molecule has 2 N–H and O–H groups in total. The third kappa shape index (κ3) is 4.27. The molecule has 0 bridgehead atoms. The molecule has 0 heterocycles. The van der Waals surface area contributed by atoms with Crippen LogP contribution < -0.4 is 10.6 Å². The number of benzene rings is 2. The Hall–Kier alpha value is -1.99. The van der Waals surface area contributed by atoms with Crippen LogP contribution in [0.1, 0.15) is 5.56 Å². The molecule has 0 spiro atoms. The van der Waals surface area contributed by atoms with Gasteiger partial charge in [-0.15, -0.1) is 0 Å². The number of hydrogen-bond donors (Lipinski definition) is 2. The van der Waals surface area contributed by atoms with E-state index in [9.17, 15) is 22.4 Å². The summed E-state index contributed by atoms with van der Waals surface area (Å²) in [6.45, 7) is 0. The van der Waals surface area contributed by atoms with Gasteiger partial charge in [0.25, 0.3) is 0 Å². The molecule has 2 aromatic rings. The first-order valence-electron chi connectivity index (χ1n) is 6.07. The Balaban J connectivity index is 2.18. The number of amides is 2. The smallest absolute Gasteiger partial charge is 0.308 e. The van der Waals surface area contributed by atoms with Crippen LogP contribution >= 0.6 is 23.2 Å². The van der Waals surface area contributed by atoms with E-state index in [1.807, 2.05) is 0 Å². The largest absolute Gasteiger partial charge is 0.417 e. The zero-order chi connectivity index (χ0) is 17.2. The van der Waals surface area contributed by atoms with E-state index in [0.29, 0.717) is 6.07 Å². The Morgan fingerprint density at radius 1 is 1.00 bits per heavy atom. The van der Waals surface area contributed by atoms with E-state index >= 15 is 0 Å². The van der Waals surface area contributed by atoms with Gasteiger partial charge in [0.15, 0.2) is 0 Å². The molecule has 23 heavy (non-hydrogen) atoms. The summed E-state index contributed by atoms with van der Waals surface area (Å²) in [5.74, 6) is -0.778. The molecule has 122 valence electrons. The first-order valence-corrected chi connectivity index (χ1v) is 6.83. The van der Waals surface area contributed by atoms with Crippen molar-refractivity contribution in [3.63, 3.8) is 0 Å². The normalized spacial score (nSPS) is 11.2. The maximum atomic E-state index is 13.5. The van der Waals surface area contributed by atoms with Gasteiger partial charge in [0.05, 0.1) is 21.3 Å². The summed E-state index contributed by atoms with van der Waals surface area (Å²) in [6.07, 6.45) is -4.67. The van der Waals surface area contributed by atoms with E-state index in [0.717, 1.165) is 12.1 Å². The summed E-state index contributed by atoms with van der Waals surface area (Å²) >= 11 is 11.2. The average molecular weight is 367 g/mol. The van der Waals surface area contributed by atoms with Gasteiger partial charge in [0.2, 0.25) is 0 Å². The average Bonchev–Trinajstić information content (AvgIpc) is 2.44. The van der Waals surface area contributed by atoms with Gasteiger partial charge in [-0.05, 0) is 30.3 Å². The van der Waals surface area contributed by atoms with Crippen molar-refractivity contribution in [3.8, 4) is 0 Å². The van der Waals surface area contributed by atoms with Crippen LogP contribution in [0.15, 0.2) is 36.4 Å². The standard InChI is InChI=1S/C14H8Cl2F4N2O/c15-9-5-4-7(6-8(9)14(18,19)20)21-13(23)22-12-10(16)2-1-3-11(12)17/h1-6H,(H2,21,22,23). The number of carbonyl (C=O) groups is 1. The topological polar surface area (TPSA) is 41.1 Å². The number of carbonyl (C=O) groups excluding carboxylic acids is 1. The molecule has 0 saturated heterocycles. The predicted molar refractivity (Wildman–Crippen MR) is 80.5 cm³/mol. The van der Waals surface area contributed by atoms with Gasteiger partial charge >= 0.3 is 12.2 Å². The van der Waals surface area contributed by atoms with Crippen molar-refractivity contribution in [2.75, 3.05) is 10.6 Å². The highest BCUT2D eigenvalue weighted by Crippen LogP contribution is 2.36. The summed E-state index contributed by atoms with van der Waals surface area (Å²) in [7, 11) is 0. The highest BCUT2D eigenvalue weighted by Gasteiger charge is 2.33. The Kier molecular flexibility index (Phi) is 5.01. The molecule has 2 aromatic carbocycles. The molecule has 0 atom stereocenters. The van der Waals surface area contributed by atoms with Crippen molar-refractivity contribution in [3.05, 3.63) is 57.8 Å². The summed E-state index contributed by atoms with van der Waals surface area (Å²) < 4.78 is 51.7. The van der Waals surface area contributed by atoms with E-state index in [4.69, 9.17) is 23.2 Å². The zero-order valence-electron chi connectivity index (χ0n) is 11.1. The predicted octanol–water partition coefficient (Wildman–Crippen LogP) is 5.80. The first kappa shape index (κ1) is 17.4. The van der Waals surface area contributed by atoms with E-state index in [2.05, 4.69) is 10.6 Å². The van der Waals surface area contributed by atoms with E-state index in [1.54, 1.807) is 0 Å². The highest BCUT2D eigenvalue weighted by molar-refractivity contribution is 6.34. The minimum Gasteiger partial charge on any atom is -0.308 e. The second kappa shape index (κ2) is 6.64. The van der Waals surface area contributed by atoms with Crippen molar-refractivity contribution in [1.82, 2.24) is 0 Å². The van der Waals surface area contributed by atoms with Gasteiger partial charge in [0.1, 0.15) is 5.82 Å². The van der Waals surface area contributed by atoms with Gasteiger partial charge in [0, 0.05) is 5.69 Å². The van der Waals surface area contributed by atoms with Crippen LogP contribution in [0.5, 0.6) is 0 Å². The highest BCUT2D eigenvalue weighted by atomic mass is 35.5. The monoisotopic (exact) mass is 366 g/mol. The van der Waals surface area contributed by atoms with Crippen LogP contribution in [0.25, 0.3) is 0 Å². The van der Waals surface area contributed by atoms with Crippen molar-refractivity contribution in [2.24, 2.45) is 0 Å². The van der Waals surface area contributed by atoms with E-state index in [1.165, 1.54) is 18.2 Å². The molecule has 2 rings (SSSR count). The number of anilines is 2. The first-order chi connectivity index (χ1) is 10.7. The lowest BCUT2D eigenvalue weighted by Gasteiger charge is -2.13. The minimum absolute atomic E-state index is 0.0489. The molecule has 0 saturated carbocycles. The maximum Gasteiger partial charge on any atom is 0.417 e. The fraction of sp³-hybridized carbons (Fsp3) is 0.0714. The fourth-order valence-corrected chi connectivity index (χ4v) is 2.15. The quantitative estimate of drug-likeness (QED) is 0.648. The number of urea groups is 1.